The third-order valence-electron chi connectivity index (χ3n) is 7.86. The SMILES string of the molecule is CC(C)c1c(-c2ccnc3[nH]ncc23)[nH]c2ccc(C3CCN(C(=O)CN4CCNC(=O)C4)CC3)cc12. The first-order valence-electron chi connectivity index (χ1n) is 13.2. The van der Waals surface area contributed by atoms with Gasteiger partial charge in [-0.1, -0.05) is 19.9 Å². The molecule has 9 heteroatoms. The topological polar surface area (TPSA) is 110 Å². The van der Waals surface area contributed by atoms with Crippen molar-refractivity contribution in [1.29, 1.82) is 0 Å². The van der Waals surface area contributed by atoms with Crippen molar-refractivity contribution in [2.75, 3.05) is 39.3 Å². The van der Waals surface area contributed by atoms with E-state index in [4.69, 9.17) is 0 Å². The quantitative estimate of drug-likeness (QED) is 0.390. The smallest absolute Gasteiger partial charge is 0.236 e. The summed E-state index contributed by atoms with van der Waals surface area (Å²) in [6.07, 6.45) is 5.57. The van der Waals surface area contributed by atoms with Crippen LogP contribution in [0.25, 0.3) is 33.2 Å². The third kappa shape index (κ3) is 4.48. The highest BCUT2D eigenvalue weighted by atomic mass is 16.2. The molecular formula is C28H33N7O2. The molecule has 5 heterocycles. The second-order valence-corrected chi connectivity index (χ2v) is 10.6. The fourth-order valence-electron chi connectivity index (χ4n) is 5.95. The number of amides is 2. The largest absolute Gasteiger partial charge is 0.354 e. The Bertz CT molecular complexity index is 1460. The molecule has 0 bridgehead atoms. The van der Waals surface area contributed by atoms with Crippen LogP contribution in [-0.2, 0) is 9.59 Å². The molecule has 0 atom stereocenters. The minimum absolute atomic E-state index is 0.0000494. The Morgan fingerprint density at radius 1 is 1.14 bits per heavy atom. The minimum Gasteiger partial charge on any atom is -0.354 e. The molecule has 0 saturated carbocycles. The van der Waals surface area contributed by atoms with Crippen LogP contribution in [0.15, 0.2) is 36.7 Å². The zero-order valence-electron chi connectivity index (χ0n) is 21.4. The molecule has 0 unspecified atom stereocenters. The van der Waals surface area contributed by atoms with E-state index in [0.717, 1.165) is 60.3 Å². The van der Waals surface area contributed by atoms with E-state index < -0.39 is 0 Å². The van der Waals surface area contributed by atoms with Crippen LogP contribution >= 0.6 is 0 Å². The number of hydrogen-bond donors (Lipinski definition) is 3. The molecule has 4 aromatic rings. The van der Waals surface area contributed by atoms with Crippen molar-refractivity contribution in [3.63, 3.8) is 0 Å². The van der Waals surface area contributed by atoms with Crippen molar-refractivity contribution in [1.82, 2.24) is 35.3 Å². The van der Waals surface area contributed by atoms with Gasteiger partial charge >= 0.3 is 0 Å². The lowest BCUT2D eigenvalue weighted by atomic mass is 9.87. The predicted molar refractivity (Wildman–Crippen MR) is 143 cm³/mol. The molecule has 2 saturated heterocycles. The number of carbonyl (C=O) groups excluding carboxylic acids is 2. The van der Waals surface area contributed by atoms with E-state index in [1.807, 2.05) is 22.2 Å². The van der Waals surface area contributed by atoms with E-state index in [-0.39, 0.29) is 11.8 Å². The molecule has 9 nitrogen and oxygen atoms in total. The van der Waals surface area contributed by atoms with Crippen molar-refractivity contribution in [2.24, 2.45) is 0 Å². The number of piperazine rings is 1. The highest BCUT2D eigenvalue weighted by molar-refractivity contribution is 5.98. The third-order valence-corrected chi connectivity index (χ3v) is 7.86. The maximum Gasteiger partial charge on any atom is 0.236 e. The summed E-state index contributed by atoms with van der Waals surface area (Å²) in [5.74, 6) is 0.892. The Balaban J connectivity index is 1.22. The number of carbonyl (C=O) groups is 2. The van der Waals surface area contributed by atoms with E-state index >= 15 is 0 Å². The number of aromatic nitrogens is 4. The van der Waals surface area contributed by atoms with Gasteiger partial charge in [0.05, 0.1) is 25.0 Å². The molecule has 6 rings (SSSR count). The molecule has 192 valence electrons. The number of benzene rings is 1. The number of pyridine rings is 1. The lowest BCUT2D eigenvalue weighted by molar-refractivity contribution is -0.134. The second-order valence-electron chi connectivity index (χ2n) is 10.6. The van der Waals surface area contributed by atoms with Gasteiger partial charge < -0.3 is 15.2 Å². The molecule has 2 fully saturated rings. The Morgan fingerprint density at radius 3 is 2.76 bits per heavy atom. The van der Waals surface area contributed by atoms with Crippen molar-refractivity contribution >= 4 is 33.8 Å². The van der Waals surface area contributed by atoms with Crippen LogP contribution in [-0.4, -0.2) is 81.0 Å². The van der Waals surface area contributed by atoms with Gasteiger partial charge in [-0.15, -0.1) is 0 Å². The first-order valence-corrected chi connectivity index (χ1v) is 13.2. The zero-order chi connectivity index (χ0) is 25.5. The van der Waals surface area contributed by atoms with Crippen LogP contribution in [0.5, 0.6) is 0 Å². The normalized spacial score (nSPS) is 17.7. The molecule has 3 aromatic heterocycles. The summed E-state index contributed by atoms with van der Waals surface area (Å²) in [4.78, 5) is 36.5. The first-order chi connectivity index (χ1) is 18.0. The maximum absolute atomic E-state index is 12.9. The average molecular weight is 500 g/mol. The Morgan fingerprint density at radius 2 is 1.97 bits per heavy atom. The number of likely N-dealkylation sites (tertiary alicyclic amines) is 1. The highest BCUT2D eigenvalue weighted by Gasteiger charge is 2.27. The molecule has 0 spiro atoms. The fraction of sp³-hybridized carbons (Fsp3) is 0.429. The van der Waals surface area contributed by atoms with Gasteiger partial charge in [-0.25, -0.2) is 4.98 Å². The average Bonchev–Trinajstić information content (AvgIpc) is 3.53. The second kappa shape index (κ2) is 9.63. The van der Waals surface area contributed by atoms with Crippen molar-refractivity contribution < 1.29 is 9.59 Å². The Hall–Kier alpha value is -3.72. The van der Waals surface area contributed by atoms with Gasteiger partial charge in [0.1, 0.15) is 0 Å². The molecule has 3 N–H and O–H groups in total. The van der Waals surface area contributed by atoms with E-state index in [0.29, 0.717) is 31.5 Å². The van der Waals surface area contributed by atoms with Crippen LogP contribution in [0.2, 0.25) is 0 Å². The Labute approximate surface area is 215 Å². The summed E-state index contributed by atoms with van der Waals surface area (Å²) in [5.41, 5.74) is 6.80. The fourth-order valence-corrected chi connectivity index (χ4v) is 5.95. The Kier molecular flexibility index (Phi) is 6.16. The highest BCUT2D eigenvalue weighted by Crippen LogP contribution is 2.39. The van der Waals surface area contributed by atoms with Gasteiger partial charge in [0, 0.05) is 54.2 Å². The monoisotopic (exact) mass is 499 g/mol. The number of nitrogens with one attached hydrogen (secondary N) is 3. The zero-order valence-corrected chi connectivity index (χ0v) is 21.4. The number of piperidine rings is 1. The van der Waals surface area contributed by atoms with Crippen molar-refractivity contribution in [3.8, 4) is 11.3 Å². The number of fused-ring (bicyclic) bond motifs is 2. The van der Waals surface area contributed by atoms with E-state index in [1.54, 1.807) is 0 Å². The van der Waals surface area contributed by atoms with Gasteiger partial charge in [-0.3, -0.25) is 19.6 Å². The maximum atomic E-state index is 12.9. The van der Waals surface area contributed by atoms with Gasteiger partial charge in [0.2, 0.25) is 11.8 Å². The van der Waals surface area contributed by atoms with E-state index in [2.05, 4.69) is 63.6 Å². The molecular weight excluding hydrogens is 466 g/mol. The van der Waals surface area contributed by atoms with Crippen molar-refractivity contribution in [3.05, 3.63) is 47.8 Å². The summed E-state index contributed by atoms with van der Waals surface area (Å²) in [6, 6.07) is 8.85. The molecule has 37 heavy (non-hydrogen) atoms. The van der Waals surface area contributed by atoms with Gasteiger partial charge in [0.25, 0.3) is 0 Å². The van der Waals surface area contributed by atoms with Crippen LogP contribution in [0.1, 0.15) is 49.7 Å². The number of aromatic amines is 2. The number of nitrogens with zero attached hydrogens (tertiary/aromatic N) is 4. The minimum atomic E-state index is -0.0000494. The number of H-pyrrole nitrogens is 2. The lowest BCUT2D eigenvalue weighted by Crippen LogP contribution is -2.51. The van der Waals surface area contributed by atoms with Crippen LogP contribution in [0.3, 0.4) is 0 Å². The molecule has 2 aliphatic rings. The summed E-state index contributed by atoms with van der Waals surface area (Å²) in [7, 11) is 0. The molecule has 0 aliphatic carbocycles. The van der Waals surface area contributed by atoms with Gasteiger partial charge in [-0.05, 0) is 54.0 Å². The molecule has 2 amide bonds. The van der Waals surface area contributed by atoms with Gasteiger partial charge in [0.15, 0.2) is 5.65 Å². The van der Waals surface area contributed by atoms with Crippen LogP contribution < -0.4 is 5.32 Å². The van der Waals surface area contributed by atoms with Crippen LogP contribution in [0.4, 0.5) is 0 Å². The predicted octanol–water partition coefficient (Wildman–Crippen LogP) is 3.37. The summed E-state index contributed by atoms with van der Waals surface area (Å²) in [5, 5.41) is 12.3. The summed E-state index contributed by atoms with van der Waals surface area (Å²) < 4.78 is 0. The van der Waals surface area contributed by atoms with Crippen molar-refractivity contribution in [2.45, 2.75) is 38.5 Å². The first kappa shape index (κ1) is 23.7. The van der Waals surface area contributed by atoms with Gasteiger partial charge in [-0.2, -0.15) is 5.10 Å². The lowest BCUT2D eigenvalue weighted by Gasteiger charge is -2.34. The number of rotatable bonds is 5. The summed E-state index contributed by atoms with van der Waals surface area (Å²) in [6.45, 7) is 7.97. The standard InChI is InChI=1S/C28H33N7O2/c1-17(2)26-21-13-19(3-4-23(21)32-27(26)20-5-8-30-28-22(20)14-31-33-28)18-6-10-35(11-7-18)25(37)16-34-12-9-29-24(36)15-34/h3-5,8,13-14,17-18,32H,6-7,9-12,15-16H2,1-2H3,(H,29,36)(H,30,31,33). The van der Waals surface area contributed by atoms with Crippen LogP contribution in [0, 0.1) is 0 Å². The molecule has 1 aromatic carbocycles. The van der Waals surface area contributed by atoms with E-state index in [9.17, 15) is 9.59 Å². The molecule has 0 radical (unpaired) electrons. The van der Waals surface area contributed by atoms with E-state index in [1.165, 1.54) is 16.5 Å². The number of hydrogen-bond acceptors (Lipinski definition) is 5. The molecule has 2 aliphatic heterocycles. The summed E-state index contributed by atoms with van der Waals surface area (Å²) >= 11 is 0.